The number of rotatable bonds is 2. The minimum Gasteiger partial charge on any atom is -0.465 e. The molecule has 70 valence electrons. The molecular weight excluding hydrogens is 152 g/mol. The molecule has 1 fully saturated rings. The number of carbonyl (C=O) groups excluding carboxylic acids is 1. The summed E-state index contributed by atoms with van der Waals surface area (Å²) in [6, 6.07) is 0. The van der Waals surface area contributed by atoms with Crippen LogP contribution in [0.1, 0.15) is 40.0 Å². The van der Waals surface area contributed by atoms with Crippen LogP contribution in [0, 0.1) is 11.3 Å². The summed E-state index contributed by atoms with van der Waals surface area (Å²) in [6.07, 6.45) is 3.44. The van der Waals surface area contributed by atoms with Crippen molar-refractivity contribution >= 4 is 6.47 Å². The largest absolute Gasteiger partial charge is 0.465 e. The summed E-state index contributed by atoms with van der Waals surface area (Å²) in [5.41, 5.74) is 0.339. The maximum Gasteiger partial charge on any atom is 0.293 e. The Morgan fingerprint density at radius 1 is 1.42 bits per heavy atom. The van der Waals surface area contributed by atoms with E-state index >= 15 is 0 Å². The summed E-state index contributed by atoms with van der Waals surface area (Å²) in [5.74, 6) is 0.679. The van der Waals surface area contributed by atoms with Crippen molar-refractivity contribution in [1.29, 1.82) is 0 Å². The molecule has 0 heterocycles. The Labute approximate surface area is 74.3 Å². The van der Waals surface area contributed by atoms with Crippen LogP contribution >= 0.6 is 0 Å². The second-order valence-electron chi connectivity index (χ2n) is 4.77. The van der Waals surface area contributed by atoms with Crippen LogP contribution in [0.4, 0.5) is 0 Å². The molecule has 0 bridgehead atoms. The summed E-state index contributed by atoms with van der Waals surface area (Å²) in [6.45, 7) is 7.29. The molecule has 0 aromatic rings. The third-order valence-corrected chi connectivity index (χ3v) is 2.59. The highest BCUT2D eigenvalue weighted by atomic mass is 16.5. The fourth-order valence-electron chi connectivity index (χ4n) is 2.44. The summed E-state index contributed by atoms with van der Waals surface area (Å²) in [4.78, 5) is 10.2. The SMILES string of the molecule is C[C@@H]1C[C@@H](OC=O)CC(C)(C)C1. The predicted molar refractivity (Wildman–Crippen MR) is 47.7 cm³/mol. The average Bonchev–Trinajstić information content (AvgIpc) is 1.82. The van der Waals surface area contributed by atoms with E-state index in [4.69, 9.17) is 4.74 Å². The normalized spacial score (nSPS) is 34.2. The van der Waals surface area contributed by atoms with Gasteiger partial charge in [-0.25, -0.2) is 0 Å². The van der Waals surface area contributed by atoms with Gasteiger partial charge in [0.2, 0.25) is 0 Å². The van der Waals surface area contributed by atoms with Gasteiger partial charge in [0.1, 0.15) is 6.10 Å². The monoisotopic (exact) mass is 170 g/mol. The van der Waals surface area contributed by atoms with Crippen molar-refractivity contribution in [3.05, 3.63) is 0 Å². The van der Waals surface area contributed by atoms with Crippen LogP contribution < -0.4 is 0 Å². The van der Waals surface area contributed by atoms with Gasteiger partial charge >= 0.3 is 0 Å². The van der Waals surface area contributed by atoms with Crippen LogP contribution in [0.15, 0.2) is 0 Å². The van der Waals surface area contributed by atoms with Crippen molar-refractivity contribution in [2.45, 2.75) is 46.1 Å². The standard InChI is InChI=1S/C10H18O2/c1-8-4-9(12-7-11)6-10(2,3)5-8/h7-9H,4-6H2,1-3H3/t8-,9-/m1/s1. The Morgan fingerprint density at radius 2 is 2.08 bits per heavy atom. The third-order valence-electron chi connectivity index (χ3n) is 2.59. The highest BCUT2D eigenvalue weighted by Gasteiger charge is 2.32. The van der Waals surface area contributed by atoms with E-state index in [-0.39, 0.29) is 6.10 Å². The second kappa shape index (κ2) is 3.46. The van der Waals surface area contributed by atoms with Crippen LogP contribution in [-0.4, -0.2) is 12.6 Å². The van der Waals surface area contributed by atoms with E-state index in [1.54, 1.807) is 0 Å². The Morgan fingerprint density at radius 3 is 2.58 bits per heavy atom. The van der Waals surface area contributed by atoms with Crippen molar-refractivity contribution in [2.75, 3.05) is 0 Å². The fraction of sp³-hybridized carbons (Fsp3) is 0.900. The van der Waals surface area contributed by atoms with Gasteiger partial charge in [0.15, 0.2) is 0 Å². The molecule has 2 nitrogen and oxygen atoms in total. The molecule has 1 saturated carbocycles. The summed E-state index contributed by atoms with van der Waals surface area (Å²) in [7, 11) is 0. The van der Waals surface area contributed by atoms with Crippen molar-refractivity contribution in [3.63, 3.8) is 0 Å². The molecular formula is C10H18O2. The molecule has 0 aromatic heterocycles. The zero-order chi connectivity index (χ0) is 9.19. The molecule has 0 aliphatic heterocycles. The molecule has 0 radical (unpaired) electrons. The molecule has 0 aromatic carbocycles. The van der Waals surface area contributed by atoms with Crippen molar-refractivity contribution in [1.82, 2.24) is 0 Å². The van der Waals surface area contributed by atoms with Crippen molar-refractivity contribution in [2.24, 2.45) is 11.3 Å². The molecule has 0 saturated heterocycles. The van der Waals surface area contributed by atoms with E-state index in [1.165, 1.54) is 6.42 Å². The minimum absolute atomic E-state index is 0.154. The Bertz CT molecular complexity index is 163. The Balaban J connectivity index is 2.51. The molecule has 1 rings (SSSR count). The van der Waals surface area contributed by atoms with Gasteiger partial charge in [-0.3, -0.25) is 4.79 Å². The number of ether oxygens (including phenoxy) is 1. The van der Waals surface area contributed by atoms with Crippen molar-refractivity contribution in [3.8, 4) is 0 Å². The van der Waals surface area contributed by atoms with Gasteiger partial charge in [0, 0.05) is 0 Å². The zero-order valence-electron chi connectivity index (χ0n) is 8.17. The van der Waals surface area contributed by atoms with Gasteiger partial charge in [0.05, 0.1) is 0 Å². The first-order valence-corrected chi connectivity index (χ1v) is 4.62. The van der Waals surface area contributed by atoms with Crippen LogP contribution in [0.5, 0.6) is 0 Å². The lowest BCUT2D eigenvalue weighted by molar-refractivity contribution is -0.137. The summed E-state index contributed by atoms with van der Waals surface area (Å²) in [5, 5.41) is 0. The highest BCUT2D eigenvalue weighted by Crippen LogP contribution is 2.39. The van der Waals surface area contributed by atoms with Crippen molar-refractivity contribution < 1.29 is 9.53 Å². The Kier molecular flexibility index (Phi) is 2.76. The molecule has 2 heteroatoms. The van der Waals surface area contributed by atoms with E-state index in [0.29, 0.717) is 17.8 Å². The number of carbonyl (C=O) groups is 1. The van der Waals surface area contributed by atoms with E-state index in [1.807, 2.05) is 0 Å². The molecule has 0 amide bonds. The van der Waals surface area contributed by atoms with Gasteiger partial charge in [-0.05, 0) is 30.6 Å². The molecule has 1 aliphatic rings. The van der Waals surface area contributed by atoms with Gasteiger partial charge < -0.3 is 4.74 Å². The molecule has 0 spiro atoms. The van der Waals surface area contributed by atoms with Gasteiger partial charge in [-0.1, -0.05) is 20.8 Å². The third kappa shape index (κ3) is 2.50. The van der Waals surface area contributed by atoms with Gasteiger partial charge in [-0.2, -0.15) is 0 Å². The lowest BCUT2D eigenvalue weighted by atomic mass is 9.71. The van der Waals surface area contributed by atoms with E-state index in [2.05, 4.69) is 20.8 Å². The molecule has 2 atom stereocenters. The summed E-state index contributed by atoms with van der Waals surface area (Å²) < 4.78 is 5.01. The zero-order valence-corrected chi connectivity index (χ0v) is 8.17. The lowest BCUT2D eigenvalue weighted by Gasteiger charge is -2.37. The van der Waals surface area contributed by atoms with Crippen LogP contribution in [-0.2, 0) is 9.53 Å². The van der Waals surface area contributed by atoms with Gasteiger partial charge in [0.25, 0.3) is 6.47 Å². The van der Waals surface area contributed by atoms with Gasteiger partial charge in [-0.15, -0.1) is 0 Å². The smallest absolute Gasteiger partial charge is 0.293 e. The first-order valence-electron chi connectivity index (χ1n) is 4.62. The molecule has 1 aliphatic carbocycles. The molecule has 0 N–H and O–H groups in total. The second-order valence-corrected chi connectivity index (χ2v) is 4.77. The van der Waals surface area contributed by atoms with E-state index in [9.17, 15) is 4.79 Å². The summed E-state index contributed by atoms with van der Waals surface area (Å²) >= 11 is 0. The van der Waals surface area contributed by atoms with Crippen LogP contribution in [0.3, 0.4) is 0 Å². The average molecular weight is 170 g/mol. The van der Waals surface area contributed by atoms with E-state index in [0.717, 1.165) is 12.8 Å². The fourth-order valence-corrected chi connectivity index (χ4v) is 2.44. The maximum absolute atomic E-state index is 10.2. The quantitative estimate of drug-likeness (QED) is 0.595. The molecule has 0 unspecified atom stereocenters. The van der Waals surface area contributed by atoms with E-state index < -0.39 is 0 Å². The maximum atomic E-state index is 10.2. The first kappa shape index (κ1) is 9.56. The number of hydrogen-bond donors (Lipinski definition) is 0. The number of hydrogen-bond acceptors (Lipinski definition) is 2. The molecule has 12 heavy (non-hydrogen) atoms. The Hall–Kier alpha value is -0.530. The topological polar surface area (TPSA) is 26.3 Å². The lowest BCUT2D eigenvalue weighted by Crippen LogP contribution is -2.32. The predicted octanol–water partition coefficient (Wildman–Crippen LogP) is 2.37. The minimum atomic E-state index is 0.154. The first-order chi connectivity index (χ1) is 5.53. The highest BCUT2D eigenvalue weighted by molar-refractivity contribution is 5.37. The van der Waals surface area contributed by atoms with Crippen LogP contribution in [0.25, 0.3) is 0 Å². The van der Waals surface area contributed by atoms with Crippen LogP contribution in [0.2, 0.25) is 0 Å².